The van der Waals surface area contributed by atoms with Crippen molar-refractivity contribution in [1.82, 2.24) is 10.0 Å². The molecule has 0 aromatic heterocycles. The van der Waals surface area contributed by atoms with Crippen molar-refractivity contribution in [2.45, 2.75) is 57.4 Å². The van der Waals surface area contributed by atoms with E-state index >= 15 is 0 Å². The Morgan fingerprint density at radius 1 is 1.13 bits per heavy atom. The number of rotatable bonds is 10. The third-order valence-electron chi connectivity index (χ3n) is 5.97. The summed E-state index contributed by atoms with van der Waals surface area (Å²) in [5.74, 6) is 0.600. The maximum Gasteiger partial charge on any atom is 0.211 e. The average molecular weight is 449 g/mol. The van der Waals surface area contributed by atoms with Crippen molar-refractivity contribution >= 4 is 21.6 Å². The zero-order valence-corrected chi connectivity index (χ0v) is 19.5. The number of fused-ring (bicyclic) bond motifs is 1. The van der Waals surface area contributed by atoms with E-state index in [1.54, 1.807) is 0 Å². The summed E-state index contributed by atoms with van der Waals surface area (Å²) >= 11 is 6.22. The van der Waals surface area contributed by atoms with Gasteiger partial charge in [-0.2, -0.15) is 0 Å². The molecule has 2 atom stereocenters. The van der Waals surface area contributed by atoms with Gasteiger partial charge in [0.1, 0.15) is 0 Å². The van der Waals surface area contributed by atoms with E-state index in [4.69, 9.17) is 11.6 Å². The second kappa shape index (κ2) is 10.8. The minimum absolute atomic E-state index is 0.197. The van der Waals surface area contributed by atoms with Crippen molar-refractivity contribution in [2.75, 3.05) is 19.3 Å². The lowest BCUT2D eigenvalue weighted by Crippen LogP contribution is -2.37. The summed E-state index contributed by atoms with van der Waals surface area (Å²) in [6.07, 6.45) is 5.49. The van der Waals surface area contributed by atoms with Gasteiger partial charge in [-0.25, -0.2) is 13.1 Å². The van der Waals surface area contributed by atoms with Gasteiger partial charge in [0.25, 0.3) is 0 Å². The molecule has 0 amide bonds. The number of aryl methyl sites for hydroxylation is 2. The van der Waals surface area contributed by atoms with Crippen LogP contribution in [0.25, 0.3) is 0 Å². The molecule has 2 unspecified atom stereocenters. The minimum Gasteiger partial charge on any atom is -0.316 e. The van der Waals surface area contributed by atoms with Gasteiger partial charge in [-0.05, 0) is 80.0 Å². The fourth-order valence-electron chi connectivity index (χ4n) is 4.48. The van der Waals surface area contributed by atoms with Crippen LogP contribution < -0.4 is 10.0 Å². The van der Waals surface area contributed by atoms with Gasteiger partial charge in [-0.3, -0.25) is 0 Å². The third kappa shape index (κ3) is 6.30. The molecule has 1 aliphatic rings. The molecule has 2 N–H and O–H groups in total. The average Bonchev–Trinajstić information content (AvgIpc) is 2.71. The molecule has 0 radical (unpaired) electrons. The molecule has 6 heteroatoms. The highest BCUT2D eigenvalue weighted by molar-refractivity contribution is 7.89. The van der Waals surface area contributed by atoms with Crippen molar-refractivity contribution in [2.24, 2.45) is 0 Å². The van der Waals surface area contributed by atoms with Gasteiger partial charge in [0.2, 0.25) is 10.0 Å². The summed E-state index contributed by atoms with van der Waals surface area (Å²) in [6.45, 7) is 2.37. The summed E-state index contributed by atoms with van der Waals surface area (Å²) in [4.78, 5) is 0. The molecule has 0 aliphatic heterocycles. The maximum atomic E-state index is 11.8. The molecule has 0 spiro atoms. The van der Waals surface area contributed by atoms with E-state index in [2.05, 4.69) is 40.4 Å². The van der Waals surface area contributed by atoms with E-state index in [1.807, 2.05) is 26.1 Å². The highest BCUT2D eigenvalue weighted by atomic mass is 35.5. The zero-order valence-electron chi connectivity index (χ0n) is 18.0. The first kappa shape index (κ1) is 23.3. The van der Waals surface area contributed by atoms with E-state index in [9.17, 15) is 8.42 Å². The molecule has 0 fully saturated rings. The van der Waals surface area contributed by atoms with Gasteiger partial charge >= 0.3 is 0 Å². The smallest absolute Gasteiger partial charge is 0.211 e. The highest BCUT2D eigenvalue weighted by Gasteiger charge is 2.29. The van der Waals surface area contributed by atoms with E-state index in [0.29, 0.717) is 24.9 Å². The first-order chi connectivity index (χ1) is 14.4. The van der Waals surface area contributed by atoms with Crippen LogP contribution in [0.15, 0.2) is 42.5 Å². The van der Waals surface area contributed by atoms with Gasteiger partial charge in [-0.15, -0.1) is 0 Å². The number of benzene rings is 2. The van der Waals surface area contributed by atoms with E-state index in [-0.39, 0.29) is 5.75 Å². The Labute approximate surface area is 186 Å². The highest BCUT2D eigenvalue weighted by Crippen LogP contribution is 2.35. The summed E-state index contributed by atoms with van der Waals surface area (Å²) in [5.41, 5.74) is 5.39. The first-order valence-electron chi connectivity index (χ1n) is 10.9. The number of nitrogens with one attached hydrogen (secondary N) is 2. The van der Waals surface area contributed by atoms with Gasteiger partial charge < -0.3 is 5.32 Å². The Morgan fingerprint density at radius 2 is 1.97 bits per heavy atom. The number of sulfonamides is 1. The summed E-state index contributed by atoms with van der Waals surface area (Å²) < 4.78 is 26.3. The Morgan fingerprint density at radius 3 is 2.70 bits per heavy atom. The monoisotopic (exact) mass is 448 g/mol. The number of hydrogen-bond donors (Lipinski definition) is 2. The molecule has 4 nitrogen and oxygen atoms in total. The maximum absolute atomic E-state index is 11.8. The van der Waals surface area contributed by atoms with Crippen molar-refractivity contribution in [3.63, 3.8) is 0 Å². The van der Waals surface area contributed by atoms with Gasteiger partial charge in [0, 0.05) is 23.5 Å². The third-order valence-corrected chi connectivity index (χ3v) is 7.80. The minimum atomic E-state index is -3.13. The molecule has 0 saturated heterocycles. The van der Waals surface area contributed by atoms with Crippen molar-refractivity contribution in [1.29, 1.82) is 0 Å². The normalized spacial score (nSPS) is 18.9. The van der Waals surface area contributed by atoms with E-state index in [1.165, 1.54) is 22.3 Å². The molecule has 2 aromatic carbocycles. The number of hydrogen-bond acceptors (Lipinski definition) is 3. The van der Waals surface area contributed by atoms with Crippen molar-refractivity contribution in [3.8, 4) is 0 Å². The topological polar surface area (TPSA) is 58.2 Å². The Balaban J connectivity index is 1.71. The summed E-state index contributed by atoms with van der Waals surface area (Å²) in [6, 6.07) is 15.4. The molecule has 1 aliphatic carbocycles. The lowest BCUT2D eigenvalue weighted by Gasteiger charge is -2.34. The Bertz CT molecular complexity index is 946. The first-order valence-corrected chi connectivity index (χ1v) is 13.0. The zero-order chi connectivity index (χ0) is 21.6. The summed E-state index contributed by atoms with van der Waals surface area (Å²) in [7, 11) is -1.08. The molecule has 30 heavy (non-hydrogen) atoms. The second-order valence-corrected chi connectivity index (χ2v) is 10.6. The predicted octanol–water partition coefficient (Wildman–Crippen LogP) is 4.46. The van der Waals surface area contributed by atoms with Crippen LogP contribution in [0.1, 0.15) is 54.4 Å². The fourth-order valence-corrected chi connectivity index (χ4v) is 5.83. The van der Waals surface area contributed by atoms with Crippen LogP contribution in [-0.2, 0) is 29.3 Å². The van der Waals surface area contributed by atoms with Gasteiger partial charge in [0.15, 0.2) is 0 Å². The van der Waals surface area contributed by atoms with E-state index in [0.717, 1.165) is 37.1 Å². The Kier molecular flexibility index (Phi) is 8.35. The molecule has 0 heterocycles. The SMILES string of the molecule is CCCS(=O)(=O)NCCCc1ccc2c(c1)C(Cc1cccc(Cl)c1)C(NC)CC2. The van der Waals surface area contributed by atoms with Crippen LogP contribution in [0.2, 0.25) is 5.02 Å². The van der Waals surface area contributed by atoms with Crippen LogP contribution in [0.3, 0.4) is 0 Å². The lowest BCUT2D eigenvalue weighted by atomic mass is 9.75. The van der Waals surface area contributed by atoms with Crippen molar-refractivity contribution in [3.05, 3.63) is 69.7 Å². The van der Waals surface area contributed by atoms with Crippen LogP contribution >= 0.6 is 11.6 Å². The molecule has 2 aromatic rings. The molecule has 0 bridgehead atoms. The lowest BCUT2D eigenvalue weighted by molar-refractivity contribution is 0.409. The van der Waals surface area contributed by atoms with Gasteiger partial charge in [0.05, 0.1) is 5.75 Å². The van der Waals surface area contributed by atoms with Crippen LogP contribution in [0, 0.1) is 0 Å². The van der Waals surface area contributed by atoms with E-state index < -0.39 is 10.0 Å². The quantitative estimate of drug-likeness (QED) is 0.527. The standard InChI is InChI=1S/C24H33ClN2O2S/c1-3-14-30(28,29)27-13-5-7-18-9-10-20-11-12-24(26-2)23(22(20)16-18)17-19-6-4-8-21(25)15-19/h4,6,8-10,15-16,23-24,26-27H,3,5,7,11-14,17H2,1-2H3. The molecule has 0 saturated carbocycles. The van der Waals surface area contributed by atoms with Gasteiger partial charge in [-0.1, -0.05) is 48.9 Å². The van der Waals surface area contributed by atoms with Crippen LogP contribution in [0.5, 0.6) is 0 Å². The predicted molar refractivity (Wildman–Crippen MR) is 126 cm³/mol. The molecule has 3 rings (SSSR count). The molecule has 164 valence electrons. The fraction of sp³-hybridized carbons (Fsp3) is 0.500. The summed E-state index contributed by atoms with van der Waals surface area (Å²) in [5, 5.41) is 4.30. The second-order valence-electron chi connectivity index (χ2n) is 8.22. The largest absolute Gasteiger partial charge is 0.316 e. The molecular formula is C24H33ClN2O2S. The van der Waals surface area contributed by atoms with Crippen LogP contribution in [0.4, 0.5) is 0 Å². The van der Waals surface area contributed by atoms with Crippen LogP contribution in [-0.4, -0.2) is 33.8 Å². The Hall–Kier alpha value is -1.40. The molecular weight excluding hydrogens is 416 g/mol. The van der Waals surface area contributed by atoms with Crippen molar-refractivity contribution < 1.29 is 8.42 Å². The number of halogens is 1. The number of likely N-dealkylation sites (N-methyl/N-ethyl adjacent to an activating group) is 1.